The summed E-state index contributed by atoms with van der Waals surface area (Å²) in [6.07, 6.45) is 0. The van der Waals surface area contributed by atoms with Crippen LogP contribution in [0.25, 0.3) is 11.1 Å². The Bertz CT molecular complexity index is 1100. The lowest BCUT2D eigenvalue weighted by Crippen LogP contribution is -2.09. The van der Waals surface area contributed by atoms with Crippen molar-refractivity contribution in [1.29, 1.82) is 10.5 Å². The van der Waals surface area contributed by atoms with Crippen molar-refractivity contribution in [2.75, 3.05) is 11.1 Å². The van der Waals surface area contributed by atoms with Crippen molar-refractivity contribution in [1.82, 2.24) is 4.98 Å². The first-order chi connectivity index (χ1) is 13.0. The molecule has 0 fully saturated rings. The molecule has 0 saturated heterocycles. The zero-order valence-corrected chi connectivity index (χ0v) is 14.1. The van der Waals surface area contributed by atoms with Crippen LogP contribution >= 0.6 is 0 Å². The summed E-state index contributed by atoms with van der Waals surface area (Å²) in [5.74, 6) is -0.249. The minimum Gasteiger partial charge on any atom is -0.508 e. The van der Waals surface area contributed by atoms with Gasteiger partial charge in [-0.2, -0.15) is 10.5 Å². The van der Waals surface area contributed by atoms with E-state index in [1.54, 1.807) is 24.3 Å². The SMILES string of the molecule is N#Cc1c(N)nc(NCc2cccc(F)c2)c(C#N)c1-c1cccc(O)c1. The van der Waals surface area contributed by atoms with E-state index < -0.39 is 0 Å². The van der Waals surface area contributed by atoms with Gasteiger partial charge in [0.2, 0.25) is 0 Å². The standard InChI is InChI=1S/C20H14FN5O/c21-14-5-1-3-12(7-14)11-25-20-17(10-23)18(16(9-22)19(24)26-20)13-4-2-6-15(27)8-13/h1-8,27H,11H2,(H3,24,25,26). The molecule has 4 N–H and O–H groups in total. The number of benzene rings is 2. The maximum Gasteiger partial charge on any atom is 0.147 e. The first kappa shape index (κ1) is 17.7. The minimum atomic E-state index is -0.373. The van der Waals surface area contributed by atoms with Crippen LogP contribution in [0.3, 0.4) is 0 Å². The number of hydrogen-bond acceptors (Lipinski definition) is 6. The third-order valence-corrected chi connectivity index (χ3v) is 3.93. The van der Waals surface area contributed by atoms with Gasteiger partial charge < -0.3 is 16.2 Å². The number of nitrogens with zero attached hydrogens (tertiary/aromatic N) is 3. The number of phenols is 1. The number of nitrogens with two attached hydrogens (primary N) is 1. The fourth-order valence-corrected chi connectivity index (χ4v) is 2.74. The molecule has 0 saturated carbocycles. The normalized spacial score (nSPS) is 10.0. The van der Waals surface area contributed by atoms with Crippen LogP contribution in [0, 0.1) is 28.5 Å². The number of halogens is 1. The summed E-state index contributed by atoms with van der Waals surface area (Å²) in [6.45, 7) is 0.213. The Labute approximate surface area is 154 Å². The molecule has 0 radical (unpaired) electrons. The molecule has 3 rings (SSSR count). The van der Waals surface area contributed by atoms with Gasteiger partial charge in [-0.3, -0.25) is 0 Å². The van der Waals surface area contributed by atoms with Gasteiger partial charge in [0.15, 0.2) is 0 Å². The van der Waals surface area contributed by atoms with Gasteiger partial charge >= 0.3 is 0 Å². The predicted molar refractivity (Wildman–Crippen MR) is 98.9 cm³/mol. The molecule has 0 aliphatic rings. The van der Waals surface area contributed by atoms with Crippen LogP contribution in [0.15, 0.2) is 48.5 Å². The van der Waals surface area contributed by atoms with E-state index in [0.29, 0.717) is 11.1 Å². The molecular weight excluding hydrogens is 345 g/mol. The zero-order chi connectivity index (χ0) is 19.4. The summed E-state index contributed by atoms with van der Waals surface area (Å²) >= 11 is 0. The summed E-state index contributed by atoms with van der Waals surface area (Å²) in [5.41, 5.74) is 7.48. The van der Waals surface area contributed by atoms with E-state index >= 15 is 0 Å². The maximum absolute atomic E-state index is 13.3. The molecule has 0 bridgehead atoms. The summed E-state index contributed by atoms with van der Waals surface area (Å²) in [4.78, 5) is 4.13. The van der Waals surface area contributed by atoms with E-state index in [1.807, 2.05) is 12.1 Å². The van der Waals surface area contributed by atoms with Crippen molar-refractivity contribution in [3.8, 4) is 29.0 Å². The molecule has 0 amide bonds. The smallest absolute Gasteiger partial charge is 0.147 e. The van der Waals surface area contributed by atoms with Crippen molar-refractivity contribution in [3.05, 3.63) is 71.0 Å². The van der Waals surface area contributed by atoms with Crippen LogP contribution in [-0.2, 0) is 6.54 Å². The van der Waals surface area contributed by atoms with Gasteiger partial charge in [-0.1, -0.05) is 24.3 Å². The van der Waals surface area contributed by atoms with Gasteiger partial charge in [-0.15, -0.1) is 0 Å². The molecule has 132 valence electrons. The van der Waals surface area contributed by atoms with Crippen molar-refractivity contribution in [2.24, 2.45) is 0 Å². The number of pyridine rings is 1. The summed E-state index contributed by atoms with van der Waals surface area (Å²) in [5, 5.41) is 31.9. The molecule has 3 aromatic rings. The highest BCUT2D eigenvalue weighted by molar-refractivity contribution is 5.85. The third kappa shape index (κ3) is 3.63. The first-order valence-electron chi connectivity index (χ1n) is 7.95. The summed E-state index contributed by atoms with van der Waals surface area (Å²) in [7, 11) is 0. The number of aromatic nitrogens is 1. The third-order valence-electron chi connectivity index (χ3n) is 3.93. The number of phenolic OH excluding ortho intramolecular Hbond substituents is 1. The Morgan fingerprint density at radius 1 is 1.07 bits per heavy atom. The van der Waals surface area contributed by atoms with Crippen LogP contribution in [0.4, 0.5) is 16.0 Å². The van der Waals surface area contributed by atoms with Gasteiger partial charge in [-0.05, 0) is 35.4 Å². The quantitative estimate of drug-likeness (QED) is 0.656. The Kier molecular flexibility index (Phi) is 4.87. The Balaban J connectivity index is 2.10. The number of rotatable bonds is 4. The highest BCUT2D eigenvalue weighted by atomic mass is 19.1. The molecule has 6 nitrogen and oxygen atoms in total. The van der Waals surface area contributed by atoms with Gasteiger partial charge in [0.05, 0.1) is 0 Å². The maximum atomic E-state index is 13.3. The number of anilines is 2. The molecule has 2 aromatic carbocycles. The Morgan fingerprint density at radius 2 is 1.81 bits per heavy atom. The molecule has 27 heavy (non-hydrogen) atoms. The molecule has 1 aromatic heterocycles. The fourth-order valence-electron chi connectivity index (χ4n) is 2.74. The molecule has 7 heteroatoms. The van der Waals surface area contributed by atoms with Crippen LogP contribution in [0.1, 0.15) is 16.7 Å². The van der Waals surface area contributed by atoms with E-state index in [9.17, 15) is 20.0 Å². The van der Waals surface area contributed by atoms with E-state index in [2.05, 4.69) is 10.3 Å². The average Bonchev–Trinajstić information content (AvgIpc) is 2.65. The molecule has 0 unspecified atom stereocenters. The summed E-state index contributed by atoms with van der Waals surface area (Å²) < 4.78 is 13.3. The molecule has 0 atom stereocenters. The lowest BCUT2D eigenvalue weighted by molar-refractivity contribution is 0.475. The number of hydrogen-bond donors (Lipinski definition) is 3. The van der Waals surface area contributed by atoms with E-state index in [0.717, 1.165) is 0 Å². The lowest BCUT2D eigenvalue weighted by Gasteiger charge is -2.14. The second-order valence-corrected chi connectivity index (χ2v) is 5.73. The average molecular weight is 359 g/mol. The van der Waals surface area contributed by atoms with Crippen molar-refractivity contribution in [2.45, 2.75) is 6.54 Å². The monoisotopic (exact) mass is 359 g/mol. The topological polar surface area (TPSA) is 119 Å². The number of aromatic hydroxyl groups is 1. The molecule has 0 spiro atoms. The Hall–Kier alpha value is -4.10. The van der Waals surface area contributed by atoms with E-state index in [-0.39, 0.29) is 46.4 Å². The first-order valence-corrected chi connectivity index (χ1v) is 7.95. The van der Waals surface area contributed by atoms with E-state index in [4.69, 9.17) is 5.73 Å². The lowest BCUT2D eigenvalue weighted by atomic mass is 9.96. The highest BCUT2D eigenvalue weighted by Gasteiger charge is 2.20. The molecular formula is C20H14FN5O. The fraction of sp³-hybridized carbons (Fsp3) is 0.0500. The van der Waals surface area contributed by atoms with E-state index in [1.165, 1.54) is 24.3 Å². The predicted octanol–water partition coefficient (Wildman–Crippen LogP) is 3.53. The van der Waals surface area contributed by atoms with Gasteiger partial charge in [0.25, 0.3) is 0 Å². The minimum absolute atomic E-state index is 0.00932. The van der Waals surface area contributed by atoms with Crippen LogP contribution in [0.2, 0.25) is 0 Å². The van der Waals surface area contributed by atoms with Gasteiger partial charge in [-0.25, -0.2) is 9.37 Å². The largest absolute Gasteiger partial charge is 0.508 e. The van der Waals surface area contributed by atoms with Crippen LogP contribution in [0.5, 0.6) is 5.75 Å². The van der Waals surface area contributed by atoms with Gasteiger partial charge in [0.1, 0.15) is 46.5 Å². The number of nitrogens with one attached hydrogen (secondary N) is 1. The molecule has 0 aliphatic heterocycles. The van der Waals surface area contributed by atoms with Crippen LogP contribution in [-0.4, -0.2) is 10.1 Å². The molecule has 1 heterocycles. The highest BCUT2D eigenvalue weighted by Crippen LogP contribution is 2.35. The van der Waals surface area contributed by atoms with Crippen LogP contribution < -0.4 is 11.1 Å². The summed E-state index contributed by atoms with van der Waals surface area (Å²) in [6, 6.07) is 16.2. The number of nitrogen functional groups attached to an aromatic ring is 1. The zero-order valence-electron chi connectivity index (χ0n) is 14.1. The second-order valence-electron chi connectivity index (χ2n) is 5.73. The van der Waals surface area contributed by atoms with Gasteiger partial charge in [0, 0.05) is 12.1 Å². The molecule has 0 aliphatic carbocycles. The second kappa shape index (κ2) is 7.42. The number of nitriles is 2. The van der Waals surface area contributed by atoms with Crippen molar-refractivity contribution in [3.63, 3.8) is 0 Å². The Morgan fingerprint density at radius 3 is 2.48 bits per heavy atom. The van der Waals surface area contributed by atoms with Crippen molar-refractivity contribution >= 4 is 11.6 Å². The van der Waals surface area contributed by atoms with Crippen molar-refractivity contribution < 1.29 is 9.50 Å².